The van der Waals surface area contributed by atoms with Crippen LogP contribution in [0, 0.1) is 11.2 Å². The van der Waals surface area contributed by atoms with E-state index in [-0.39, 0.29) is 24.9 Å². The molecule has 0 spiro atoms. The molecule has 0 saturated heterocycles. The number of nitrogen functional groups attached to an aromatic ring is 1. The van der Waals surface area contributed by atoms with Gasteiger partial charge in [-0.15, -0.1) is 0 Å². The van der Waals surface area contributed by atoms with E-state index in [1.165, 1.54) is 0 Å². The summed E-state index contributed by atoms with van der Waals surface area (Å²) in [6, 6.07) is 18.9. The number of nitrogens with two attached hydrogens (primary N) is 3. The molecule has 0 atom stereocenters. The van der Waals surface area contributed by atoms with Crippen LogP contribution in [0.3, 0.4) is 0 Å². The van der Waals surface area contributed by atoms with Gasteiger partial charge in [0.2, 0.25) is 0 Å². The van der Waals surface area contributed by atoms with Crippen molar-refractivity contribution in [3.8, 4) is 11.5 Å². The van der Waals surface area contributed by atoms with Gasteiger partial charge in [-0.05, 0) is 42.0 Å². The maximum Gasteiger partial charge on any atom is 0.136 e. The van der Waals surface area contributed by atoms with Crippen molar-refractivity contribution < 1.29 is 13.9 Å². The fourth-order valence-corrected chi connectivity index (χ4v) is 2.70. The van der Waals surface area contributed by atoms with E-state index < -0.39 is 6.17 Å². The topological polar surface area (TPSA) is 120 Å². The van der Waals surface area contributed by atoms with Crippen LogP contribution in [0.1, 0.15) is 28.4 Å². The van der Waals surface area contributed by atoms with Gasteiger partial charge in [-0.25, -0.2) is 4.39 Å². The molecule has 0 aliphatic carbocycles. The third kappa shape index (κ3) is 5.31. The zero-order valence-corrected chi connectivity index (χ0v) is 15.8. The first kappa shape index (κ1) is 20.3. The molecule has 0 unspecified atom stereocenters. The molecule has 150 valence electrons. The first-order valence-corrected chi connectivity index (χ1v) is 9.01. The fourth-order valence-electron chi connectivity index (χ4n) is 2.70. The van der Waals surface area contributed by atoms with E-state index >= 15 is 0 Å². The van der Waals surface area contributed by atoms with Gasteiger partial charge in [-0.3, -0.25) is 5.41 Å². The van der Waals surface area contributed by atoms with Crippen LogP contribution in [0.5, 0.6) is 11.5 Å². The Hall–Kier alpha value is -3.42. The summed E-state index contributed by atoms with van der Waals surface area (Å²) < 4.78 is 26.1. The summed E-state index contributed by atoms with van der Waals surface area (Å²) in [5, 5.41) is 7.39. The predicted octanol–water partition coefficient (Wildman–Crippen LogP) is 3.18. The molecule has 0 radical (unpaired) electrons. The Morgan fingerprint density at radius 2 is 1.31 bits per heavy atom. The fraction of sp³-hybridized carbons (Fsp3) is 0.136. The van der Waals surface area contributed by atoms with Gasteiger partial charge in [-0.2, -0.15) is 0 Å². The molecule has 0 bridgehead atoms. The van der Waals surface area contributed by atoms with E-state index in [1.54, 1.807) is 66.7 Å². The summed E-state index contributed by atoms with van der Waals surface area (Å²) in [4.78, 5) is 0. The van der Waals surface area contributed by atoms with E-state index in [2.05, 4.69) is 0 Å². The van der Waals surface area contributed by atoms with Crippen molar-refractivity contribution in [2.45, 2.75) is 19.4 Å². The largest absolute Gasteiger partial charge is 0.489 e. The molecule has 0 saturated carbocycles. The summed E-state index contributed by atoms with van der Waals surface area (Å²) in [6.45, 7) is 0.156. The SMILES string of the molecule is N=C(N)c1ccc(OCc2cccc(COc3ccc(C(N)N)cc3)c2F)cc1. The number of hydrogen-bond donors (Lipinski definition) is 4. The lowest BCUT2D eigenvalue weighted by Gasteiger charge is -2.12. The molecule has 29 heavy (non-hydrogen) atoms. The number of nitrogens with one attached hydrogen (secondary N) is 1. The number of benzene rings is 3. The Labute approximate surface area is 168 Å². The number of amidine groups is 1. The molecule has 3 aromatic rings. The lowest BCUT2D eigenvalue weighted by molar-refractivity contribution is 0.287. The van der Waals surface area contributed by atoms with Crippen LogP contribution in [0.4, 0.5) is 4.39 Å². The molecule has 0 heterocycles. The van der Waals surface area contributed by atoms with Crippen molar-refractivity contribution >= 4 is 5.84 Å². The van der Waals surface area contributed by atoms with Gasteiger partial charge < -0.3 is 26.7 Å². The Kier molecular flexibility index (Phi) is 6.43. The van der Waals surface area contributed by atoms with E-state index in [0.29, 0.717) is 28.2 Å². The monoisotopic (exact) mass is 394 g/mol. The van der Waals surface area contributed by atoms with Crippen molar-refractivity contribution in [3.05, 3.63) is 94.8 Å². The third-order valence-electron chi connectivity index (χ3n) is 4.38. The highest BCUT2D eigenvalue weighted by atomic mass is 19.1. The minimum Gasteiger partial charge on any atom is -0.489 e. The van der Waals surface area contributed by atoms with Gasteiger partial charge in [0, 0.05) is 16.7 Å². The van der Waals surface area contributed by atoms with E-state index in [4.69, 9.17) is 32.1 Å². The molecule has 7 heteroatoms. The highest BCUT2D eigenvalue weighted by Crippen LogP contribution is 2.20. The lowest BCUT2D eigenvalue weighted by atomic mass is 10.1. The first-order valence-electron chi connectivity index (χ1n) is 9.01. The number of ether oxygens (including phenoxy) is 2. The van der Waals surface area contributed by atoms with Crippen LogP contribution >= 0.6 is 0 Å². The zero-order chi connectivity index (χ0) is 20.8. The summed E-state index contributed by atoms with van der Waals surface area (Å²) in [7, 11) is 0. The molecule has 7 N–H and O–H groups in total. The average molecular weight is 394 g/mol. The standard InChI is InChI=1S/C22H23FN4O2/c23-20-16(12-28-18-8-4-14(5-9-18)21(24)25)2-1-3-17(20)13-29-19-10-6-15(7-11-19)22(26)27/h1-11,21H,12-13,24-25H2,(H3,26,27). The molecule has 3 aromatic carbocycles. The average Bonchev–Trinajstić information content (AvgIpc) is 2.72. The number of hydrogen-bond acceptors (Lipinski definition) is 5. The summed E-state index contributed by atoms with van der Waals surface area (Å²) in [5.41, 5.74) is 18.9. The third-order valence-corrected chi connectivity index (χ3v) is 4.38. The van der Waals surface area contributed by atoms with E-state index in [1.807, 2.05) is 0 Å². The molecule has 0 fully saturated rings. The number of halogens is 1. The number of rotatable bonds is 8. The zero-order valence-electron chi connectivity index (χ0n) is 15.8. The van der Waals surface area contributed by atoms with Crippen LogP contribution in [0.15, 0.2) is 66.7 Å². The summed E-state index contributed by atoms with van der Waals surface area (Å²) in [6.07, 6.45) is -0.545. The van der Waals surface area contributed by atoms with Crippen LogP contribution in [0.25, 0.3) is 0 Å². The van der Waals surface area contributed by atoms with Crippen molar-refractivity contribution in [2.75, 3.05) is 0 Å². The molecule has 0 aliphatic rings. The maximum absolute atomic E-state index is 14.8. The first-order chi connectivity index (χ1) is 13.9. The predicted molar refractivity (Wildman–Crippen MR) is 110 cm³/mol. The quantitative estimate of drug-likeness (QED) is 0.266. The smallest absolute Gasteiger partial charge is 0.136 e. The lowest BCUT2D eigenvalue weighted by Crippen LogP contribution is -2.19. The highest BCUT2D eigenvalue weighted by molar-refractivity contribution is 5.94. The summed E-state index contributed by atoms with van der Waals surface area (Å²) in [5.74, 6) is 0.777. The van der Waals surface area contributed by atoms with Crippen molar-refractivity contribution in [2.24, 2.45) is 17.2 Å². The Morgan fingerprint density at radius 3 is 1.76 bits per heavy atom. The van der Waals surface area contributed by atoms with E-state index in [9.17, 15) is 4.39 Å². The van der Waals surface area contributed by atoms with Gasteiger partial charge in [-0.1, -0.05) is 30.3 Å². The Morgan fingerprint density at radius 1 is 0.828 bits per heavy atom. The van der Waals surface area contributed by atoms with Crippen molar-refractivity contribution in [1.82, 2.24) is 0 Å². The normalized spacial score (nSPS) is 10.8. The maximum atomic E-state index is 14.8. The highest BCUT2D eigenvalue weighted by Gasteiger charge is 2.10. The Bertz CT molecular complexity index is 973. The van der Waals surface area contributed by atoms with E-state index in [0.717, 1.165) is 5.56 Å². The molecular weight excluding hydrogens is 371 g/mol. The minimum absolute atomic E-state index is 0.0178. The minimum atomic E-state index is -0.545. The van der Waals surface area contributed by atoms with Gasteiger partial charge in [0.05, 0.1) is 6.17 Å². The molecule has 0 aliphatic heterocycles. The van der Waals surface area contributed by atoms with Crippen LogP contribution in [-0.4, -0.2) is 5.84 Å². The molecule has 0 amide bonds. The van der Waals surface area contributed by atoms with Gasteiger partial charge in [0.15, 0.2) is 0 Å². The second kappa shape index (κ2) is 9.18. The van der Waals surface area contributed by atoms with Crippen molar-refractivity contribution in [1.29, 1.82) is 5.41 Å². The molecule has 0 aromatic heterocycles. The Balaban J connectivity index is 1.62. The molecule has 3 rings (SSSR count). The van der Waals surface area contributed by atoms with Crippen LogP contribution in [0.2, 0.25) is 0 Å². The van der Waals surface area contributed by atoms with Crippen LogP contribution in [-0.2, 0) is 13.2 Å². The second-order valence-electron chi connectivity index (χ2n) is 6.50. The molecule has 6 nitrogen and oxygen atoms in total. The molecular formula is C22H23FN4O2. The van der Waals surface area contributed by atoms with Crippen molar-refractivity contribution in [3.63, 3.8) is 0 Å². The second-order valence-corrected chi connectivity index (χ2v) is 6.50. The summed E-state index contributed by atoms with van der Waals surface area (Å²) >= 11 is 0. The van der Waals surface area contributed by atoms with Gasteiger partial charge in [0.25, 0.3) is 0 Å². The van der Waals surface area contributed by atoms with Gasteiger partial charge in [0.1, 0.15) is 36.4 Å². The van der Waals surface area contributed by atoms with Crippen LogP contribution < -0.4 is 26.7 Å². The van der Waals surface area contributed by atoms with Gasteiger partial charge >= 0.3 is 0 Å².